The van der Waals surface area contributed by atoms with Crippen LogP contribution in [0.25, 0.3) is 0 Å². The van der Waals surface area contributed by atoms with Gasteiger partial charge in [0.25, 0.3) is 5.89 Å². The average Bonchev–Trinajstić information content (AvgIpc) is 2.78. The molecule has 0 aromatic carbocycles. The van der Waals surface area contributed by atoms with Crippen LogP contribution in [-0.2, 0) is 0 Å². The molecule has 16 heavy (non-hydrogen) atoms. The van der Waals surface area contributed by atoms with E-state index in [4.69, 9.17) is 10.3 Å². The number of hydrogen-bond donors (Lipinski definition) is 2. The first-order valence-electron chi connectivity index (χ1n) is 5.92. The predicted molar refractivity (Wildman–Crippen MR) is 58.7 cm³/mol. The number of hydrogen-bond acceptors (Lipinski definition) is 5. The number of aliphatic hydroxyl groups is 1. The van der Waals surface area contributed by atoms with Crippen LogP contribution in [0.2, 0.25) is 0 Å². The van der Waals surface area contributed by atoms with Crippen molar-refractivity contribution >= 4 is 0 Å². The van der Waals surface area contributed by atoms with Crippen molar-refractivity contribution in [1.29, 1.82) is 0 Å². The molecule has 2 rings (SSSR count). The van der Waals surface area contributed by atoms with E-state index < -0.39 is 6.10 Å². The second-order valence-electron chi connectivity index (χ2n) is 4.70. The molecule has 1 fully saturated rings. The van der Waals surface area contributed by atoms with E-state index in [1.165, 1.54) is 12.8 Å². The molecule has 90 valence electrons. The Hall–Kier alpha value is -0.940. The van der Waals surface area contributed by atoms with Crippen LogP contribution >= 0.6 is 0 Å². The Morgan fingerprint density at radius 2 is 2.12 bits per heavy atom. The molecule has 1 aromatic rings. The summed E-state index contributed by atoms with van der Waals surface area (Å²) in [5.41, 5.74) is 5.33. The van der Waals surface area contributed by atoms with Crippen molar-refractivity contribution in [2.45, 2.75) is 44.6 Å². The molecule has 1 aromatic heterocycles. The maximum Gasteiger partial charge on any atom is 0.256 e. The lowest BCUT2D eigenvalue weighted by Gasteiger charge is -2.23. The minimum Gasteiger partial charge on any atom is -0.382 e. The molecule has 1 saturated carbocycles. The summed E-state index contributed by atoms with van der Waals surface area (Å²) in [4.78, 5) is 4.22. The molecule has 0 spiro atoms. The van der Waals surface area contributed by atoms with Crippen molar-refractivity contribution in [1.82, 2.24) is 10.1 Å². The Balaban J connectivity index is 2.01. The van der Waals surface area contributed by atoms with Crippen LogP contribution in [-0.4, -0.2) is 21.8 Å². The molecular weight excluding hydrogens is 206 g/mol. The van der Waals surface area contributed by atoms with Crippen molar-refractivity contribution in [2.75, 3.05) is 6.54 Å². The zero-order valence-electron chi connectivity index (χ0n) is 9.59. The van der Waals surface area contributed by atoms with E-state index in [0.717, 1.165) is 24.6 Å². The van der Waals surface area contributed by atoms with Crippen molar-refractivity contribution < 1.29 is 9.63 Å². The summed E-state index contributed by atoms with van der Waals surface area (Å²) in [6.45, 7) is 2.39. The second-order valence-corrected chi connectivity index (χ2v) is 4.70. The Morgan fingerprint density at radius 1 is 1.44 bits per heavy atom. The highest BCUT2D eigenvalue weighted by molar-refractivity contribution is 4.99. The minimum absolute atomic E-state index is 0.114. The molecule has 1 aliphatic rings. The van der Waals surface area contributed by atoms with Crippen molar-refractivity contribution in [3.05, 3.63) is 11.7 Å². The first-order valence-corrected chi connectivity index (χ1v) is 5.92. The Labute approximate surface area is 95.0 Å². The zero-order chi connectivity index (χ0) is 11.5. The Kier molecular flexibility index (Phi) is 3.56. The fourth-order valence-electron chi connectivity index (χ4n) is 2.17. The molecule has 5 nitrogen and oxygen atoms in total. The molecule has 5 heteroatoms. The molecule has 0 bridgehead atoms. The van der Waals surface area contributed by atoms with E-state index in [2.05, 4.69) is 17.1 Å². The predicted octanol–water partition coefficient (Wildman–Crippen LogP) is 1.36. The van der Waals surface area contributed by atoms with Gasteiger partial charge in [0.2, 0.25) is 0 Å². The molecule has 1 unspecified atom stereocenters. The van der Waals surface area contributed by atoms with Crippen LogP contribution in [0, 0.1) is 5.92 Å². The van der Waals surface area contributed by atoms with Gasteiger partial charge in [0.15, 0.2) is 5.82 Å². The zero-order valence-corrected chi connectivity index (χ0v) is 9.59. The fraction of sp³-hybridized carbons (Fsp3) is 0.818. The third-order valence-electron chi connectivity index (χ3n) is 3.35. The van der Waals surface area contributed by atoms with Crippen LogP contribution < -0.4 is 5.73 Å². The number of nitrogens with zero attached hydrogens (tertiary/aromatic N) is 2. The lowest BCUT2D eigenvalue weighted by Crippen LogP contribution is -2.13. The molecule has 0 aliphatic heterocycles. The molecule has 3 N–H and O–H groups in total. The highest BCUT2D eigenvalue weighted by Gasteiger charge is 2.25. The van der Waals surface area contributed by atoms with Gasteiger partial charge < -0.3 is 15.4 Å². The third-order valence-corrected chi connectivity index (χ3v) is 3.35. The Morgan fingerprint density at radius 3 is 2.75 bits per heavy atom. The standard InChI is InChI=1S/C11H19N3O2/c1-7-2-4-8(5-3-7)10-13-11(16-14-10)9(15)6-12/h7-9,15H,2-6,12H2,1H3. The van der Waals surface area contributed by atoms with Crippen molar-refractivity contribution in [3.63, 3.8) is 0 Å². The van der Waals surface area contributed by atoms with E-state index in [1.54, 1.807) is 0 Å². The van der Waals surface area contributed by atoms with E-state index in [9.17, 15) is 5.11 Å². The van der Waals surface area contributed by atoms with Gasteiger partial charge in [-0.05, 0) is 18.8 Å². The van der Waals surface area contributed by atoms with E-state index in [1.807, 2.05) is 0 Å². The lowest BCUT2D eigenvalue weighted by molar-refractivity contribution is 0.141. The van der Waals surface area contributed by atoms with Gasteiger partial charge in [0.05, 0.1) is 0 Å². The number of rotatable bonds is 3. The highest BCUT2D eigenvalue weighted by atomic mass is 16.5. The maximum atomic E-state index is 9.46. The largest absolute Gasteiger partial charge is 0.382 e. The fourth-order valence-corrected chi connectivity index (χ4v) is 2.17. The summed E-state index contributed by atoms with van der Waals surface area (Å²) >= 11 is 0. The SMILES string of the molecule is CC1CCC(c2noc(C(O)CN)n2)CC1. The van der Waals surface area contributed by atoms with Crippen molar-refractivity contribution in [3.8, 4) is 0 Å². The van der Waals surface area contributed by atoms with Gasteiger partial charge in [0.1, 0.15) is 6.10 Å². The summed E-state index contributed by atoms with van der Waals surface area (Å²) in [6, 6.07) is 0. The monoisotopic (exact) mass is 225 g/mol. The maximum absolute atomic E-state index is 9.46. The molecule has 1 heterocycles. The number of aromatic nitrogens is 2. The third kappa shape index (κ3) is 2.41. The number of aliphatic hydroxyl groups excluding tert-OH is 1. The molecule has 0 amide bonds. The first-order chi connectivity index (χ1) is 7.70. The quantitative estimate of drug-likeness (QED) is 0.811. The normalized spacial score (nSPS) is 27.9. The summed E-state index contributed by atoms with van der Waals surface area (Å²) in [6.07, 6.45) is 3.82. The van der Waals surface area contributed by atoms with Crippen molar-refractivity contribution in [2.24, 2.45) is 11.7 Å². The van der Waals surface area contributed by atoms with Gasteiger partial charge in [-0.2, -0.15) is 4.98 Å². The number of nitrogens with two attached hydrogens (primary N) is 1. The molecular formula is C11H19N3O2. The van der Waals surface area contributed by atoms with Crippen LogP contribution in [0.1, 0.15) is 56.3 Å². The first kappa shape index (κ1) is 11.5. The second kappa shape index (κ2) is 4.93. The minimum atomic E-state index is -0.830. The summed E-state index contributed by atoms with van der Waals surface area (Å²) < 4.78 is 5.01. The van der Waals surface area contributed by atoms with Crippen LogP contribution in [0.5, 0.6) is 0 Å². The summed E-state index contributed by atoms with van der Waals surface area (Å²) in [7, 11) is 0. The highest BCUT2D eigenvalue weighted by Crippen LogP contribution is 2.34. The average molecular weight is 225 g/mol. The van der Waals surface area contributed by atoms with Gasteiger partial charge in [0, 0.05) is 12.5 Å². The van der Waals surface area contributed by atoms with Gasteiger partial charge in [-0.3, -0.25) is 0 Å². The van der Waals surface area contributed by atoms with E-state index in [-0.39, 0.29) is 12.4 Å². The Bertz CT molecular complexity index is 332. The van der Waals surface area contributed by atoms with Crippen LogP contribution in [0.4, 0.5) is 0 Å². The van der Waals surface area contributed by atoms with E-state index in [0.29, 0.717) is 5.92 Å². The summed E-state index contributed by atoms with van der Waals surface area (Å²) in [5.74, 6) is 2.17. The summed E-state index contributed by atoms with van der Waals surface area (Å²) in [5, 5.41) is 13.4. The molecule has 1 atom stereocenters. The van der Waals surface area contributed by atoms with E-state index >= 15 is 0 Å². The molecule has 0 saturated heterocycles. The van der Waals surface area contributed by atoms with Gasteiger partial charge in [-0.15, -0.1) is 0 Å². The lowest BCUT2D eigenvalue weighted by atomic mass is 9.83. The van der Waals surface area contributed by atoms with Crippen LogP contribution in [0.15, 0.2) is 4.52 Å². The van der Waals surface area contributed by atoms with Gasteiger partial charge >= 0.3 is 0 Å². The van der Waals surface area contributed by atoms with Crippen LogP contribution in [0.3, 0.4) is 0 Å². The molecule has 0 radical (unpaired) electrons. The smallest absolute Gasteiger partial charge is 0.256 e. The van der Waals surface area contributed by atoms with Gasteiger partial charge in [-0.25, -0.2) is 0 Å². The van der Waals surface area contributed by atoms with Gasteiger partial charge in [-0.1, -0.05) is 24.9 Å². The molecule has 1 aliphatic carbocycles. The topological polar surface area (TPSA) is 85.2 Å².